The zero-order chi connectivity index (χ0) is 22.5. The molecule has 7 heteroatoms. The molecule has 3 aliphatic rings. The largest absolute Gasteiger partial charge is 0.457 e. The molecule has 5 rings (SSSR count). The molecule has 3 unspecified atom stereocenters. The van der Waals surface area contributed by atoms with Gasteiger partial charge in [-0.05, 0) is 53.9 Å². The number of Topliss-reactive ketones (excluding diaryl/α,β-unsaturated/α-hetero) is 1. The summed E-state index contributed by atoms with van der Waals surface area (Å²) < 4.78 is 6.03. The number of ketones is 1. The second kappa shape index (κ2) is 7.74. The van der Waals surface area contributed by atoms with Crippen LogP contribution in [0.5, 0.6) is 11.5 Å². The van der Waals surface area contributed by atoms with Gasteiger partial charge in [-0.1, -0.05) is 44.2 Å². The van der Waals surface area contributed by atoms with Gasteiger partial charge in [0.05, 0.1) is 5.92 Å². The van der Waals surface area contributed by atoms with Crippen molar-refractivity contribution in [2.75, 3.05) is 0 Å². The molecule has 2 heterocycles. The minimum atomic E-state index is -0.516. The molecular weight excluding hydrogens is 422 g/mol. The molecule has 1 fully saturated rings. The summed E-state index contributed by atoms with van der Waals surface area (Å²) in [5.41, 5.74) is 2.33. The summed E-state index contributed by atoms with van der Waals surface area (Å²) in [6.07, 6.45) is 0.819. The van der Waals surface area contributed by atoms with Crippen LogP contribution in [0.4, 0.5) is 0 Å². The van der Waals surface area contributed by atoms with E-state index < -0.39 is 11.8 Å². The minimum Gasteiger partial charge on any atom is -0.457 e. The van der Waals surface area contributed by atoms with Gasteiger partial charge < -0.3 is 20.7 Å². The predicted octanol–water partition coefficient (Wildman–Crippen LogP) is 3.76. The molecule has 0 radical (unpaired) electrons. The first-order chi connectivity index (χ1) is 15.3. The standard InChI is InChI=1S/C25H25N3O3S/c1-25(2)12-17-20(18(29)13-25)19(21-22(26-17)27-24(32)28-23(21)30)14-7-6-10-16(11-14)31-15-8-4-3-5-9-15/h3-11,19,21-22,26H,12-13H2,1-2H3,(H2,27,28,30,32). The van der Waals surface area contributed by atoms with Gasteiger partial charge in [0.1, 0.15) is 17.7 Å². The van der Waals surface area contributed by atoms with Crippen molar-refractivity contribution >= 4 is 29.0 Å². The average Bonchev–Trinajstić information content (AvgIpc) is 2.72. The van der Waals surface area contributed by atoms with Crippen LogP contribution in [0.3, 0.4) is 0 Å². The van der Waals surface area contributed by atoms with E-state index in [9.17, 15) is 9.59 Å². The SMILES string of the molecule is CC1(C)CC(=O)C2=C(C1)NC1NC(=S)NC(=O)C1C2c1cccc(Oc2ccccc2)c1. The van der Waals surface area contributed by atoms with Crippen molar-refractivity contribution in [3.8, 4) is 11.5 Å². The number of nitrogens with one attached hydrogen (secondary N) is 3. The van der Waals surface area contributed by atoms with Crippen LogP contribution in [-0.4, -0.2) is 23.0 Å². The molecule has 32 heavy (non-hydrogen) atoms. The summed E-state index contributed by atoms with van der Waals surface area (Å²) >= 11 is 5.23. The third-order valence-corrected chi connectivity index (χ3v) is 6.52. The van der Waals surface area contributed by atoms with Crippen LogP contribution in [-0.2, 0) is 9.59 Å². The predicted molar refractivity (Wildman–Crippen MR) is 125 cm³/mol. The lowest BCUT2D eigenvalue weighted by atomic mass is 9.66. The molecule has 2 aliphatic heterocycles. The fourth-order valence-electron chi connectivity index (χ4n) is 5.05. The number of rotatable bonds is 3. The zero-order valence-corrected chi connectivity index (χ0v) is 18.8. The van der Waals surface area contributed by atoms with Crippen molar-refractivity contribution < 1.29 is 14.3 Å². The number of carbonyl (C=O) groups is 2. The zero-order valence-electron chi connectivity index (χ0n) is 18.0. The Morgan fingerprint density at radius 3 is 2.50 bits per heavy atom. The van der Waals surface area contributed by atoms with Gasteiger partial charge in [0.2, 0.25) is 5.91 Å². The highest BCUT2D eigenvalue weighted by Gasteiger charge is 2.50. The second-order valence-corrected chi connectivity index (χ2v) is 9.82. The first kappa shape index (κ1) is 20.7. The number of amides is 1. The monoisotopic (exact) mass is 447 g/mol. The number of para-hydroxylation sites is 1. The number of fused-ring (bicyclic) bond motifs is 1. The maximum Gasteiger partial charge on any atom is 0.234 e. The molecule has 1 saturated heterocycles. The lowest BCUT2D eigenvalue weighted by Crippen LogP contribution is -2.66. The Labute approximate surface area is 192 Å². The highest BCUT2D eigenvalue weighted by Crippen LogP contribution is 2.47. The molecule has 0 aromatic heterocycles. The van der Waals surface area contributed by atoms with Gasteiger partial charge in [-0.3, -0.25) is 9.59 Å². The second-order valence-electron chi connectivity index (χ2n) is 9.41. The molecule has 2 aromatic rings. The van der Waals surface area contributed by atoms with E-state index in [0.717, 1.165) is 23.4 Å². The van der Waals surface area contributed by atoms with Gasteiger partial charge in [0.25, 0.3) is 0 Å². The van der Waals surface area contributed by atoms with Gasteiger partial charge in [-0.2, -0.15) is 0 Å². The van der Waals surface area contributed by atoms with Crippen molar-refractivity contribution in [1.29, 1.82) is 0 Å². The average molecular weight is 448 g/mol. The summed E-state index contributed by atoms with van der Waals surface area (Å²) in [6, 6.07) is 17.2. The number of carbonyl (C=O) groups excluding carboxylic acids is 2. The van der Waals surface area contributed by atoms with Gasteiger partial charge in [0, 0.05) is 23.6 Å². The van der Waals surface area contributed by atoms with E-state index in [4.69, 9.17) is 17.0 Å². The van der Waals surface area contributed by atoms with E-state index in [1.807, 2.05) is 54.6 Å². The minimum absolute atomic E-state index is 0.0857. The number of thiocarbonyl (C=S) groups is 1. The Morgan fingerprint density at radius 2 is 1.72 bits per heavy atom. The summed E-state index contributed by atoms with van der Waals surface area (Å²) in [7, 11) is 0. The highest BCUT2D eigenvalue weighted by atomic mass is 32.1. The van der Waals surface area contributed by atoms with Crippen molar-refractivity contribution in [3.05, 3.63) is 71.4 Å². The number of hydrogen-bond donors (Lipinski definition) is 3. The molecule has 6 nitrogen and oxygen atoms in total. The van der Waals surface area contributed by atoms with Gasteiger partial charge in [0.15, 0.2) is 10.9 Å². The van der Waals surface area contributed by atoms with Crippen LogP contribution in [0.1, 0.15) is 38.2 Å². The molecule has 0 spiro atoms. The smallest absolute Gasteiger partial charge is 0.234 e. The van der Waals surface area contributed by atoms with Crippen LogP contribution < -0.4 is 20.7 Å². The van der Waals surface area contributed by atoms with Crippen molar-refractivity contribution in [2.24, 2.45) is 11.3 Å². The molecule has 2 aromatic carbocycles. The summed E-state index contributed by atoms with van der Waals surface area (Å²) in [4.78, 5) is 26.4. The molecule has 0 bridgehead atoms. The van der Waals surface area contributed by atoms with Crippen LogP contribution in [0.2, 0.25) is 0 Å². The van der Waals surface area contributed by atoms with E-state index in [-0.39, 0.29) is 23.3 Å². The number of allylic oxidation sites excluding steroid dienone is 2. The lowest BCUT2D eigenvalue weighted by Gasteiger charge is -2.47. The van der Waals surface area contributed by atoms with E-state index in [1.54, 1.807) is 0 Å². The molecular formula is C25H25N3O3S. The van der Waals surface area contributed by atoms with Crippen LogP contribution >= 0.6 is 12.2 Å². The molecule has 3 N–H and O–H groups in total. The fourth-order valence-corrected chi connectivity index (χ4v) is 5.27. The van der Waals surface area contributed by atoms with E-state index >= 15 is 0 Å². The topological polar surface area (TPSA) is 79.5 Å². The molecule has 1 aliphatic carbocycles. The first-order valence-electron chi connectivity index (χ1n) is 10.8. The number of hydrogen-bond acceptors (Lipinski definition) is 5. The van der Waals surface area contributed by atoms with Gasteiger partial charge in [-0.25, -0.2) is 0 Å². The molecule has 0 saturated carbocycles. The molecule has 1 amide bonds. The van der Waals surface area contributed by atoms with Crippen molar-refractivity contribution in [3.63, 3.8) is 0 Å². The van der Waals surface area contributed by atoms with Gasteiger partial charge >= 0.3 is 0 Å². The summed E-state index contributed by atoms with van der Waals surface area (Å²) in [5.74, 6) is 0.379. The van der Waals surface area contributed by atoms with Crippen molar-refractivity contribution in [1.82, 2.24) is 16.0 Å². The Bertz CT molecular complexity index is 1140. The third-order valence-electron chi connectivity index (χ3n) is 6.30. The van der Waals surface area contributed by atoms with Gasteiger partial charge in [-0.15, -0.1) is 0 Å². The van der Waals surface area contributed by atoms with E-state index in [1.165, 1.54) is 0 Å². The first-order valence-corrected chi connectivity index (χ1v) is 11.2. The van der Waals surface area contributed by atoms with E-state index in [0.29, 0.717) is 22.9 Å². The molecule has 3 atom stereocenters. The van der Waals surface area contributed by atoms with Crippen LogP contribution in [0.15, 0.2) is 65.9 Å². The fraction of sp³-hybridized carbons (Fsp3) is 0.320. The number of benzene rings is 2. The lowest BCUT2D eigenvalue weighted by molar-refractivity contribution is -0.127. The van der Waals surface area contributed by atoms with Crippen LogP contribution in [0.25, 0.3) is 0 Å². The Morgan fingerprint density at radius 1 is 0.969 bits per heavy atom. The maximum atomic E-state index is 13.3. The Balaban J connectivity index is 1.59. The highest BCUT2D eigenvalue weighted by molar-refractivity contribution is 7.80. The van der Waals surface area contributed by atoms with E-state index in [2.05, 4.69) is 29.8 Å². The summed E-state index contributed by atoms with van der Waals surface area (Å²) in [5, 5.41) is 9.65. The Kier molecular flexibility index (Phi) is 5.01. The molecule has 164 valence electrons. The third kappa shape index (κ3) is 3.77. The maximum absolute atomic E-state index is 13.3. The van der Waals surface area contributed by atoms with Crippen molar-refractivity contribution in [2.45, 2.75) is 38.8 Å². The quantitative estimate of drug-likeness (QED) is 0.622. The summed E-state index contributed by atoms with van der Waals surface area (Å²) in [6.45, 7) is 4.19. The van der Waals surface area contributed by atoms with Crippen LogP contribution in [0, 0.1) is 11.3 Å². The normalized spacial score (nSPS) is 26.3. The Hall–Kier alpha value is -3.19. The number of ether oxygens (including phenoxy) is 1.